The van der Waals surface area contributed by atoms with E-state index in [4.69, 9.17) is 9.84 Å². The van der Waals surface area contributed by atoms with Crippen LogP contribution in [-0.4, -0.2) is 22.7 Å². The molecule has 6 rings (SSSR count). The first kappa shape index (κ1) is 19.3. The molecule has 5 heteroatoms. The lowest BCUT2D eigenvalue weighted by Crippen LogP contribution is -2.45. The lowest BCUT2D eigenvalue weighted by Gasteiger charge is -2.37. The third-order valence-corrected chi connectivity index (χ3v) is 6.66. The Hall–Kier alpha value is -3.44. The molecule has 32 heavy (non-hydrogen) atoms. The number of halogens is 1. The average Bonchev–Trinajstić information content (AvgIpc) is 3.29. The first-order valence-corrected chi connectivity index (χ1v) is 11.4. The van der Waals surface area contributed by atoms with E-state index in [1.165, 1.54) is 10.8 Å². The van der Waals surface area contributed by atoms with Gasteiger partial charge in [0, 0.05) is 22.0 Å². The summed E-state index contributed by atoms with van der Waals surface area (Å²) in [6.07, 6.45) is -0.0722. The van der Waals surface area contributed by atoms with Gasteiger partial charge >= 0.3 is 0 Å². The fraction of sp³-hybridized carbons (Fsp3) is 0.111. The molecule has 0 amide bonds. The highest BCUT2D eigenvalue weighted by molar-refractivity contribution is 9.10. The summed E-state index contributed by atoms with van der Waals surface area (Å²) in [4.78, 5) is 13.4. The van der Waals surface area contributed by atoms with Crippen LogP contribution in [0.2, 0.25) is 0 Å². The van der Waals surface area contributed by atoms with Crippen molar-refractivity contribution >= 4 is 38.2 Å². The molecule has 2 atom stereocenters. The van der Waals surface area contributed by atoms with Crippen LogP contribution in [0.5, 0.6) is 5.75 Å². The van der Waals surface area contributed by atoms with E-state index in [1.54, 1.807) is 0 Å². The van der Waals surface area contributed by atoms with Gasteiger partial charge in [0.15, 0.2) is 0 Å². The fourth-order valence-corrected chi connectivity index (χ4v) is 4.77. The second kappa shape index (κ2) is 7.61. The molecule has 0 aromatic heterocycles. The Morgan fingerprint density at radius 1 is 0.906 bits per heavy atom. The number of ketones is 1. The number of hydrazone groups is 1. The molecule has 0 spiro atoms. The standard InChI is InChI=1S/C27H19BrN2O2/c28-21-13-11-18(12-14-21)26(31)27-30-24(22-7-3-4-8-25(22)32-27)16-23(29-30)20-10-9-17-5-1-2-6-19(17)15-20/h1-15,24,27H,16H2/t24-,27-/m1/s1. The third kappa shape index (κ3) is 3.21. The first-order chi connectivity index (χ1) is 15.7. The Labute approximate surface area is 194 Å². The minimum atomic E-state index is -0.797. The molecule has 4 aromatic carbocycles. The maximum atomic E-state index is 13.4. The van der Waals surface area contributed by atoms with Gasteiger partial charge in [-0.1, -0.05) is 82.7 Å². The van der Waals surface area contributed by atoms with Gasteiger partial charge in [0.2, 0.25) is 5.78 Å². The number of hydrogen-bond donors (Lipinski definition) is 0. The molecule has 0 unspecified atom stereocenters. The molecular formula is C27H19BrN2O2. The first-order valence-electron chi connectivity index (χ1n) is 10.6. The summed E-state index contributed by atoms with van der Waals surface area (Å²) < 4.78 is 7.13. The van der Waals surface area contributed by atoms with Crippen LogP contribution in [0.15, 0.2) is 101 Å². The summed E-state index contributed by atoms with van der Waals surface area (Å²) in [5, 5.41) is 9.15. The van der Waals surface area contributed by atoms with E-state index < -0.39 is 6.23 Å². The Bertz CT molecular complexity index is 1380. The third-order valence-electron chi connectivity index (χ3n) is 6.13. The SMILES string of the molecule is O=C(c1ccc(Br)cc1)[C@H]1Oc2ccccc2[C@H]2CC(c3ccc4ccccc4c3)=NN12. The van der Waals surface area contributed by atoms with Crippen molar-refractivity contribution in [3.8, 4) is 5.75 Å². The normalized spacial score (nSPS) is 19.2. The molecular weight excluding hydrogens is 464 g/mol. The number of carbonyl (C=O) groups excluding carboxylic acids is 1. The summed E-state index contributed by atoms with van der Waals surface area (Å²) in [7, 11) is 0. The molecule has 0 N–H and O–H groups in total. The topological polar surface area (TPSA) is 41.9 Å². The second-order valence-electron chi connectivity index (χ2n) is 8.09. The van der Waals surface area contributed by atoms with Gasteiger partial charge in [0.1, 0.15) is 5.75 Å². The van der Waals surface area contributed by atoms with Crippen LogP contribution in [0, 0.1) is 0 Å². The van der Waals surface area contributed by atoms with Crippen LogP contribution in [-0.2, 0) is 0 Å². The zero-order valence-corrected chi connectivity index (χ0v) is 18.7. The number of hydrogen-bond acceptors (Lipinski definition) is 4. The number of carbonyl (C=O) groups is 1. The monoisotopic (exact) mass is 482 g/mol. The molecule has 0 saturated heterocycles. The molecule has 4 aromatic rings. The van der Waals surface area contributed by atoms with Crippen molar-refractivity contribution in [1.82, 2.24) is 5.01 Å². The molecule has 0 aliphatic carbocycles. The van der Waals surface area contributed by atoms with Crippen molar-refractivity contribution in [2.75, 3.05) is 0 Å². The van der Waals surface area contributed by atoms with E-state index >= 15 is 0 Å². The summed E-state index contributed by atoms with van der Waals surface area (Å²) in [5.74, 6) is 0.652. The molecule has 2 heterocycles. The maximum absolute atomic E-state index is 13.4. The van der Waals surface area contributed by atoms with Crippen molar-refractivity contribution in [3.05, 3.63) is 112 Å². The molecule has 2 aliphatic rings. The number of rotatable bonds is 3. The molecule has 2 aliphatic heterocycles. The predicted octanol–water partition coefficient (Wildman–Crippen LogP) is 6.35. The molecule has 0 bridgehead atoms. The molecule has 0 saturated carbocycles. The van der Waals surface area contributed by atoms with Crippen molar-refractivity contribution in [1.29, 1.82) is 0 Å². The van der Waals surface area contributed by atoms with Crippen LogP contribution in [0.4, 0.5) is 0 Å². The number of ether oxygens (including phenoxy) is 1. The van der Waals surface area contributed by atoms with Gasteiger partial charge in [-0.15, -0.1) is 0 Å². The molecule has 4 nitrogen and oxygen atoms in total. The van der Waals surface area contributed by atoms with Gasteiger partial charge in [-0.25, -0.2) is 5.01 Å². The van der Waals surface area contributed by atoms with E-state index in [-0.39, 0.29) is 11.8 Å². The second-order valence-corrected chi connectivity index (χ2v) is 9.00. The van der Waals surface area contributed by atoms with Gasteiger partial charge < -0.3 is 4.74 Å². The predicted molar refractivity (Wildman–Crippen MR) is 129 cm³/mol. The van der Waals surface area contributed by atoms with Gasteiger partial charge in [0.25, 0.3) is 6.23 Å². The summed E-state index contributed by atoms with van der Waals surface area (Å²) in [5.41, 5.74) is 3.71. The zero-order chi connectivity index (χ0) is 21.7. The Morgan fingerprint density at radius 3 is 2.50 bits per heavy atom. The van der Waals surface area contributed by atoms with Crippen LogP contribution in [0.25, 0.3) is 10.8 Å². The Morgan fingerprint density at radius 2 is 1.66 bits per heavy atom. The highest BCUT2D eigenvalue weighted by atomic mass is 79.9. The lowest BCUT2D eigenvalue weighted by atomic mass is 9.95. The highest BCUT2D eigenvalue weighted by Crippen LogP contribution is 2.43. The summed E-state index contributed by atoms with van der Waals surface area (Å²) in [6.45, 7) is 0. The van der Waals surface area contributed by atoms with Gasteiger partial charge in [-0.2, -0.15) is 5.10 Å². The number of Topliss-reactive ketones (excluding diaryl/α,β-unsaturated/α-hetero) is 1. The van der Waals surface area contributed by atoms with E-state index in [0.717, 1.165) is 33.5 Å². The van der Waals surface area contributed by atoms with Gasteiger partial charge in [-0.3, -0.25) is 4.79 Å². The van der Waals surface area contributed by atoms with E-state index in [1.807, 2.05) is 59.6 Å². The largest absolute Gasteiger partial charge is 0.461 e. The minimum absolute atomic E-state index is 0.0363. The number of fused-ring (bicyclic) bond motifs is 4. The van der Waals surface area contributed by atoms with Crippen LogP contribution in [0.3, 0.4) is 0 Å². The van der Waals surface area contributed by atoms with Crippen LogP contribution < -0.4 is 4.74 Å². The van der Waals surface area contributed by atoms with Gasteiger partial charge in [-0.05, 0) is 40.6 Å². The van der Waals surface area contributed by atoms with Crippen molar-refractivity contribution < 1.29 is 9.53 Å². The molecule has 0 radical (unpaired) electrons. The minimum Gasteiger partial charge on any atom is -0.461 e. The molecule has 0 fully saturated rings. The van der Waals surface area contributed by atoms with Crippen LogP contribution >= 0.6 is 15.9 Å². The lowest BCUT2D eigenvalue weighted by molar-refractivity contribution is -0.00455. The van der Waals surface area contributed by atoms with Crippen molar-refractivity contribution in [3.63, 3.8) is 0 Å². The number of nitrogens with zero attached hydrogens (tertiary/aromatic N) is 2. The van der Waals surface area contributed by atoms with E-state index in [0.29, 0.717) is 5.56 Å². The highest BCUT2D eigenvalue weighted by Gasteiger charge is 2.43. The smallest absolute Gasteiger partial charge is 0.251 e. The summed E-state index contributed by atoms with van der Waals surface area (Å²) >= 11 is 3.43. The van der Waals surface area contributed by atoms with E-state index in [2.05, 4.69) is 52.3 Å². The van der Waals surface area contributed by atoms with Crippen LogP contribution in [0.1, 0.15) is 33.9 Å². The van der Waals surface area contributed by atoms with Crippen molar-refractivity contribution in [2.24, 2.45) is 5.10 Å². The number of benzene rings is 4. The quantitative estimate of drug-likeness (QED) is 0.319. The Balaban J connectivity index is 1.42. The summed E-state index contributed by atoms with van der Waals surface area (Å²) in [6, 6.07) is 30.0. The van der Waals surface area contributed by atoms with Gasteiger partial charge in [0.05, 0.1) is 11.8 Å². The number of para-hydroxylation sites is 1. The Kier molecular flexibility index (Phi) is 4.58. The average molecular weight is 483 g/mol. The van der Waals surface area contributed by atoms with Crippen molar-refractivity contribution in [2.45, 2.75) is 18.7 Å². The fourth-order valence-electron chi connectivity index (χ4n) is 4.51. The van der Waals surface area contributed by atoms with E-state index in [9.17, 15) is 4.79 Å². The molecule has 156 valence electrons. The maximum Gasteiger partial charge on any atom is 0.251 e. The zero-order valence-electron chi connectivity index (χ0n) is 17.1.